The average Bonchev–Trinajstić information content (AvgIpc) is 3.34. The average molecular weight is 526 g/mol. The first-order chi connectivity index (χ1) is 18.0. The van der Waals surface area contributed by atoms with Crippen LogP contribution in [0, 0.1) is 13.8 Å². The largest absolute Gasteiger partial charge is 0.355 e. The number of fused-ring (bicyclic) bond motifs is 1. The van der Waals surface area contributed by atoms with Crippen molar-refractivity contribution in [3.05, 3.63) is 111 Å². The van der Waals surface area contributed by atoms with Crippen molar-refractivity contribution in [2.24, 2.45) is 0 Å². The molecule has 0 saturated carbocycles. The van der Waals surface area contributed by atoms with Gasteiger partial charge in [-0.1, -0.05) is 78.5 Å². The molecule has 0 unspecified atom stereocenters. The number of hydrogen-bond donors (Lipinski definition) is 1. The monoisotopic (exact) mass is 525 g/mol. The van der Waals surface area contributed by atoms with Crippen LogP contribution in [0.15, 0.2) is 94.2 Å². The molecule has 0 aliphatic heterocycles. The highest BCUT2D eigenvalue weighted by molar-refractivity contribution is 7.99. The summed E-state index contributed by atoms with van der Waals surface area (Å²) in [6, 6.07) is 25.8. The topological polar surface area (TPSA) is 64.0 Å². The number of thioether (sulfide) groups is 1. The van der Waals surface area contributed by atoms with Crippen LogP contribution >= 0.6 is 23.1 Å². The Kier molecular flexibility index (Phi) is 7.53. The summed E-state index contributed by atoms with van der Waals surface area (Å²) >= 11 is 2.74. The molecular weight excluding hydrogens is 498 g/mol. The number of aryl methyl sites for hydroxylation is 2. The van der Waals surface area contributed by atoms with Crippen LogP contribution in [0.4, 0.5) is 0 Å². The SMILES string of the molecule is Cc1ccc(-c2csc3nc(SCC(=O)NCCc4ccccc4)n(-c4ccccc4)c(=O)c23)cc1C. The van der Waals surface area contributed by atoms with Crippen LogP contribution in [0.25, 0.3) is 27.0 Å². The Morgan fingerprint density at radius 1 is 0.973 bits per heavy atom. The molecule has 3 aromatic carbocycles. The summed E-state index contributed by atoms with van der Waals surface area (Å²) in [5.41, 5.74) is 6.07. The number of para-hydroxylation sites is 1. The van der Waals surface area contributed by atoms with Crippen LogP contribution in [-0.2, 0) is 11.2 Å². The van der Waals surface area contributed by atoms with Gasteiger partial charge in [0.1, 0.15) is 4.83 Å². The molecule has 0 atom stereocenters. The van der Waals surface area contributed by atoms with Gasteiger partial charge in [0.05, 0.1) is 16.8 Å². The second-order valence-corrected chi connectivity index (χ2v) is 10.7. The number of rotatable bonds is 8. The third-order valence-corrected chi connectivity index (χ3v) is 8.13. The van der Waals surface area contributed by atoms with Crippen LogP contribution in [0.1, 0.15) is 16.7 Å². The lowest BCUT2D eigenvalue weighted by Crippen LogP contribution is -2.28. The van der Waals surface area contributed by atoms with E-state index >= 15 is 0 Å². The Morgan fingerprint density at radius 3 is 2.43 bits per heavy atom. The smallest absolute Gasteiger partial charge is 0.268 e. The van der Waals surface area contributed by atoms with E-state index in [9.17, 15) is 9.59 Å². The zero-order valence-corrected chi connectivity index (χ0v) is 22.4. The first kappa shape index (κ1) is 25.0. The standard InChI is InChI=1S/C30H27N3O2S2/c1-20-13-14-23(17-21(20)2)25-18-36-28-27(25)29(35)33(24-11-7-4-8-12-24)30(32-28)37-19-26(34)31-16-15-22-9-5-3-6-10-22/h3-14,17-18H,15-16,19H2,1-2H3,(H,31,34). The molecule has 0 aliphatic carbocycles. The van der Waals surface area contributed by atoms with Crippen molar-refractivity contribution in [2.45, 2.75) is 25.4 Å². The Hall–Kier alpha value is -3.68. The van der Waals surface area contributed by atoms with Gasteiger partial charge in [0.15, 0.2) is 5.16 Å². The summed E-state index contributed by atoms with van der Waals surface area (Å²) in [6.45, 7) is 4.72. The third kappa shape index (κ3) is 5.53. The van der Waals surface area contributed by atoms with E-state index in [0.717, 1.165) is 23.2 Å². The van der Waals surface area contributed by atoms with Crippen molar-refractivity contribution in [1.29, 1.82) is 0 Å². The number of nitrogens with one attached hydrogen (secondary N) is 1. The van der Waals surface area contributed by atoms with Crippen molar-refractivity contribution in [2.75, 3.05) is 12.3 Å². The zero-order chi connectivity index (χ0) is 25.8. The first-order valence-corrected chi connectivity index (χ1v) is 14.0. The van der Waals surface area contributed by atoms with Crippen molar-refractivity contribution in [3.63, 3.8) is 0 Å². The lowest BCUT2D eigenvalue weighted by Gasteiger charge is -2.13. The van der Waals surface area contributed by atoms with E-state index in [-0.39, 0.29) is 17.2 Å². The summed E-state index contributed by atoms with van der Waals surface area (Å²) in [5, 5.41) is 6.09. The van der Waals surface area contributed by atoms with Crippen LogP contribution in [0.2, 0.25) is 0 Å². The van der Waals surface area contributed by atoms with E-state index in [1.807, 2.05) is 66.0 Å². The fourth-order valence-electron chi connectivity index (χ4n) is 4.17. The molecule has 0 fully saturated rings. The number of carbonyl (C=O) groups is 1. The minimum Gasteiger partial charge on any atom is -0.355 e. The molecule has 0 bridgehead atoms. The number of benzene rings is 3. The second-order valence-electron chi connectivity index (χ2n) is 8.87. The van der Waals surface area contributed by atoms with Crippen molar-refractivity contribution < 1.29 is 4.79 Å². The van der Waals surface area contributed by atoms with E-state index in [1.54, 1.807) is 4.57 Å². The minimum absolute atomic E-state index is 0.0862. The number of thiophene rings is 1. The van der Waals surface area contributed by atoms with E-state index in [4.69, 9.17) is 4.98 Å². The normalized spacial score (nSPS) is 11.1. The Labute approximate surface area is 224 Å². The molecule has 7 heteroatoms. The van der Waals surface area contributed by atoms with Crippen LogP contribution in [0.3, 0.4) is 0 Å². The van der Waals surface area contributed by atoms with Gasteiger partial charge < -0.3 is 5.32 Å². The van der Waals surface area contributed by atoms with E-state index in [2.05, 4.69) is 37.4 Å². The summed E-state index contributed by atoms with van der Waals surface area (Å²) in [6.07, 6.45) is 0.770. The third-order valence-electron chi connectivity index (χ3n) is 6.32. The molecule has 1 amide bonds. The maximum absolute atomic E-state index is 13.9. The molecule has 0 aliphatic rings. The van der Waals surface area contributed by atoms with Gasteiger partial charge in [0.25, 0.3) is 5.56 Å². The Bertz CT molecular complexity index is 1610. The summed E-state index contributed by atoms with van der Waals surface area (Å²) in [5.74, 6) is 0.0893. The predicted octanol–water partition coefficient (Wildman–Crippen LogP) is 6.18. The van der Waals surface area contributed by atoms with Crippen molar-refractivity contribution in [1.82, 2.24) is 14.9 Å². The number of aromatic nitrogens is 2. The van der Waals surface area contributed by atoms with Gasteiger partial charge in [-0.2, -0.15) is 0 Å². The van der Waals surface area contributed by atoms with Crippen LogP contribution in [-0.4, -0.2) is 27.8 Å². The second kappa shape index (κ2) is 11.2. The molecule has 0 spiro atoms. The number of hydrogen-bond acceptors (Lipinski definition) is 5. The van der Waals surface area contributed by atoms with Gasteiger partial charge >= 0.3 is 0 Å². The van der Waals surface area contributed by atoms with Gasteiger partial charge in [0.2, 0.25) is 5.91 Å². The van der Waals surface area contributed by atoms with E-state index in [1.165, 1.54) is 39.8 Å². The molecule has 5 nitrogen and oxygen atoms in total. The molecule has 37 heavy (non-hydrogen) atoms. The Morgan fingerprint density at radius 2 is 1.70 bits per heavy atom. The predicted molar refractivity (Wildman–Crippen MR) is 154 cm³/mol. The fraction of sp³-hybridized carbons (Fsp3) is 0.167. The molecule has 2 aromatic heterocycles. The quantitative estimate of drug-likeness (QED) is 0.194. The molecule has 0 radical (unpaired) electrons. The highest BCUT2D eigenvalue weighted by atomic mass is 32.2. The van der Waals surface area contributed by atoms with Crippen molar-refractivity contribution >= 4 is 39.2 Å². The molecule has 0 saturated heterocycles. The zero-order valence-electron chi connectivity index (χ0n) is 20.7. The van der Waals surface area contributed by atoms with Gasteiger partial charge in [0, 0.05) is 17.5 Å². The lowest BCUT2D eigenvalue weighted by molar-refractivity contribution is -0.118. The minimum atomic E-state index is -0.127. The first-order valence-electron chi connectivity index (χ1n) is 12.1. The van der Waals surface area contributed by atoms with Gasteiger partial charge in [-0.15, -0.1) is 11.3 Å². The van der Waals surface area contributed by atoms with Gasteiger partial charge in [-0.25, -0.2) is 4.98 Å². The fourth-order valence-corrected chi connectivity index (χ4v) is 6.00. The summed E-state index contributed by atoms with van der Waals surface area (Å²) < 4.78 is 1.63. The molecule has 5 rings (SSSR count). The maximum Gasteiger partial charge on any atom is 0.268 e. The summed E-state index contributed by atoms with van der Waals surface area (Å²) in [4.78, 5) is 32.1. The van der Waals surface area contributed by atoms with Gasteiger partial charge in [-0.05, 0) is 54.7 Å². The van der Waals surface area contributed by atoms with Gasteiger partial charge in [-0.3, -0.25) is 14.2 Å². The van der Waals surface area contributed by atoms with E-state index in [0.29, 0.717) is 21.9 Å². The Balaban J connectivity index is 1.45. The highest BCUT2D eigenvalue weighted by Gasteiger charge is 2.19. The molecule has 2 heterocycles. The molecule has 5 aromatic rings. The number of carbonyl (C=O) groups excluding carboxylic acids is 1. The summed E-state index contributed by atoms with van der Waals surface area (Å²) in [7, 11) is 0. The maximum atomic E-state index is 13.9. The lowest BCUT2D eigenvalue weighted by atomic mass is 10.0. The van der Waals surface area contributed by atoms with Crippen LogP contribution in [0.5, 0.6) is 0 Å². The van der Waals surface area contributed by atoms with Crippen LogP contribution < -0.4 is 10.9 Å². The molecule has 186 valence electrons. The van der Waals surface area contributed by atoms with E-state index < -0.39 is 0 Å². The molecular formula is C30H27N3O2S2. The van der Waals surface area contributed by atoms with Crippen molar-refractivity contribution in [3.8, 4) is 16.8 Å². The number of nitrogens with zero attached hydrogens (tertiary/aromatic N) is 2. The number of amides is 1. The highest BCUT2D eigenvalue weighted by Crippen LogP contribution is 2.33. The molecule has 1 N–H and O–H groups in total.